The van der Waals surface area contributed by atoms with Crippen LogP contribution in [0.25, 0.3) is 17.3 Å². The Morgan fingerprint density at radius 1 is 1.11 bits per heavy atom. The molecular weight excluding hydrogens is 379 g/mol. The predicted octanol–water partition coefficient (Wildman–Crippen LogP) is 6.47. The average Bonchev–Trinajstić information content (AvgIpc) is 2.93. The molecule has 0 aliphatic rings. The van der Waals surface area contributed by atoms with Crippen molar-refractivity contribution in [1.29, 1.82) is 5.26 Å². The fraction of sp³-hybridized carbons (Fsp3) is 0.136. The smallest absolute Gasteiger partial charge is 0.142 e. The first kappa shape index (κ1) is 19.1. The maximum Gasteiger partial charge on any atom is 0.142 e. The van der Waals surface area contributed by atoms with Gasteiger partial charge in [-0.25, -0.2) is 0 Å². The molecular formula is C22H18Cl2N2O. The first-order chi connectivity index (χ1) is 13.0. The van der Waals surface area contributed by atoms with E-state index in [4.69, 9.17) is 27.9 Å². The number of hydrogen-bond donors (Lipinski definition) is 0. The first-order valence-corrected chi connectivity index (χ1v) is 9.11. The molecule has 0 fully saturated rings. The highest BCUT2D eigenvalue weighted by Gasteiger charge is 2.15. The van der Waals surface area contributed by atoms with Crippen LogP contribution in [-0.4, -0.2) is 11.7 Å². The van der Waals surface area contributed by atoms with Crippen LogP contribution in [-0.2, 0) is 0 Å². The maximum atomic E-state index is 9.65. The van der Waals surface area contributed by atoms with Crippen LogP contribution in [0, 0.1) is 25.2 Å². The van der Waals surface area contributed by atoms with Crippen LogP contribution in [0.5, 0.6) is 5.75 Å². The molecule has 1 aromatic heterocycles. The molecule has 2 aromatic carbocycles. The van der Waals surface area contributed by atoms with E-state index < -0.39 is 0 Å². The molecule has 0 aliphatic heterocycles. The van der Waals surface area contributed by atoms with Gasteiger partial charge in [0.1, 0.15) is 5.75 Å². The van der Waals surface area contributed by atoms with Gasteiger partial charge in [0.15, 0.2) is 0 Å². The van der Waals surface area contributed by atoms with Crippen molar-refractivity contribution in [3.8, 4) is 17.5 Å². The predicted molar refractivity (Wildman–Crippen MR) is 112 cm³/mol. The van der Waals surface area contributed by atoms with E-state index >= 15 is 0 Å². The van der Waals surface area contributed by atoms with Crippen LogP contribution in [0.3, 0.4) is 0 Å². The van der Waals surface area contributed by atoms with Gasteiger partial charge in [-0.2, -0.15) is 5.26 Å². The molecule has 1 heterocycles. The van der Waals surface area contributed by atoms with Crippen LogP contribution in [0.1, 0.15) is 22.5 Å². The van der Waals surface area contributed by atoms with Crippen LogP contribution < -0.4 is 4.74 Å². The number of halogens is 2. The Morgan fingerprint density at radius 3 is 2.52 bits per heavy atom. The van der Waals surface area contributed by atoms with E-state index in [2.05, 4.69) is 10.6 Å². The van der Waals surface area contributed by atoms with Crippen molar-refractivity contribution in [3.05, 3.63) is 81.1 Å². The largest absolute Gasteiger partial charge is 0.495 e. The summed E-state index contributed by atoms with van der Waals surface area (Å²) in [7, 11) is 1.63. The molecule has 0 bridgehead atoms. The minimum absolute atomic E-state index is 0.513. The lowest BCUT2D eigenvalue weighted by molar-refractivity contribution is 0.412. The minimum atomic E-state index is 0.513. The van der Waals surface area contributed by atoms with Crippen molar-refractivity contribution in [1.82, 2.24) is 4.57 Å². The average molecular weight is 397 g/mol. The number of allylic oxidation sites excluding steroid dienone is 1. The molecule has 0 N–H and O–H groups in total. The summed E-state index contributed by atoms with van der Waals surface area (Å²) in [5.74, 6) is 0.725. The van der Waals surface area contributed by atoms with E-state index in [1.807, 2.05) is 56.3 Å². The number of ether oxygens (including phenoxy) is 1. The number of nitrogens with zero attached hydrogens (tertiary/aromatic N) is 2. The second-order valence-corrected chi connectivity index (χ2v) is 6.97. The van der Waals surface area contributed by atoms with Gasteiger partial charge in [-0.15, -0.1) is 0 Å². The molecule has 3 rings (SSSR count). The normalized spacial score (nSPS) is 11.3. The fourth-order valence-electron chi connectivity index (χ4n) is 3.15. The lowest BCUT2D eigenvalue weighted by Crippen LogP contribution is -2.02. The number of rotatable bonds is 4. The van der Waals surface area contributed by atoms with Crippen molar-refractivity contribution in [3.63, 3.8) is 0 Å². The van der Waals surface area contributed by atoms with Crippen molar-refractivity contribution in [2.45, 2.75) is 13.8 Å². The topological polar surface area (TPSA) is 38.0 Å². The summed E-state index contributed by atoms with van der Waals surface area (Å²) in [5.41, 5.74) is 5.01. The summed E-state index contributed by atoms with van der Waals surface area (Å²) in [4.78, 5) is 0. The van der Waals surface area contributed by atoms with Crippen molar-refractivity contribution < 1.29 is 4.74 Å². The van der Waals surface area contributed by atoms with Gasteiger partial charge in [0, 0.05) is 27.0 Å². The summed E-state index contributed by atoms with van der Waals surface area (Å²) in [5, 5.41) is 10.8. The van der Waals surface area contributed by atoms with Gasteiger partial charge in [-0.05, 0) is 55.8 Å². The zero-order chi connectivity index (χ0) is 19.6. The zero-order valence-corrected chi connectivity index (χ0v) is 16.8. The van der Waals surface area contributed by atoms with Gasteiger partial charge in [0.05, 0.1) is 24.4 Å². The third-order valence-electron chi connectivity index (χ3n) is 4.44. The minimum Gasteiger partial charge on any atom is -0.495 e. The fourth-order valence-corrected chi connectivity index (χ4v) is 3.55. The zero-order valence-electron chi connectivity index (χ0n) is 15.3. The number of nitriles is 1. The van der Waals surface area contributed by atoms with Gasteiger partial charge in [0.2, 0.25) is 0 Å². The molecule has 0 unspecified atom stereocenters. The van der Waals surface area contributed by atoms with Gasteiger partial charge >= 0.3 is 0 Å². The van der Waals surface area contributed by atoms with Gasteiger partial charge < -0.3 is 9.30 Å². The highest BCUT2D eigenvalue weighted by Crippen LogP contribution is 2.32. The third kappa shape index (κ3) is 3.73. The van der Waals surface area contributed by atoms with E-state index in [-0.39, 0.29) is 0 Å². The number of aryl methyl sites for hydroxylation is 1. The monoisotopic (exact) mass is 396 g/mol. The van der Waals surface area contributed by atoms with Crippen LogP contribution in [0.2, 0.25) is 10.0 Å². The maximum absolute atomic E-state index is 9.65. The number of methoxy groups -OCH3 is 1. The Morgan fingerprint density at radius 2 is 1.85 bits per heavy atom. The lowest BCUT2D eigenvalue weighted by Gasteiger charge is -2.14. The van der Waals surface area contributed by atoms with Crippen LogP contribution in [0.15, 0.2) is 48.5 Å². The quantitative estimate of drug-likeness (QED) is 0.473. The number of hydrogen-bond acceptors (Lipinski definition) is 2. The SMILES string of the molecule is COc1ccc(Cl)cc1-n1c(C)cc(C=C(C#N)c2ccccc2Cl)c1C. The lowest BCUT2D eigenvalue weighted by atomic mass is 10.0. The molecule has 0 amide bonds. The molecule has 0 radical (unpaired) electrons. The van der Waals surface area contributed by atoms with Crippen molar-refractivity contribution in [2.75, 3.05) is 7.11 Å². The van der Waals surface area contributed by atoms with Gasteiger partial charge in [0.25, 0.3) is 0 Å². The number of benzene rings is 2. The van der Waals surface area contributed by atoms with Crippen molar-refractivity contribution in [2.24, 2.45) is 0 Å². The first-order valence-electron chi connectivity index (χ1n) is 8.35. The van der Waals surface area contributed by atoms with Crippen LogP contribution in [0.4, 0.5) is 0 Å². The van der Waals surface area contributed by atoms with Gasteiger partial charge in [-0.1, -0.05) is 41.4 Å². The summed E-state index contributed by atoms with van der Waals surface area (Å²) in [6, 6.07) is 17.1. The van der Waals surface area contributed by atoms with E-state index in [1.54, 1.807) is 19.2 Å². The molecule has 0 saturated carbocycles. The van der Waals surface area contributed by atoms with Gasteiger partial charge in [-0.3, -0.25) is 0 Å². The Balaban J connectivity index is 2.16. The third-order valence-corrected chi connectivity index (χ3v) is 5.00. The Labute approximate surface area is 169 Å². The molecule has 0 atom stereocenters. The molecule has 0 aliphatic carbocycles. The van der Waals surface area contributed by atoms with E-state index in [9.17, 15) is 5.26 Å². The standard InChI is InChI=1S/C22H18Cl2N2O/c1-14-10-16(11-17(13-25)19-6-4-5-7-20(19)24)15(2)26(14)21-12-18(23)8-9-22(21)27-3/h4-12H,1-3H3. The molecule has 0 spiro atoms. The van der Waals surface area contributed by atoms with E-state index in [0.717, 1.165) is 28.4 Å². The van der Waals surface area contributed by atoms with Crippen molar-refractivity contribution >= 4 is 34.9 Å². The molecule has 3 aromatic rings. The second-order valence-electron chi connectivity index (χ2n) is 6.13. The molecule has 3 nitrogen and oxygen atoms in total. The summed E-state index contributed by atoms with van der Waals surface area (Å²) in [6.45, 7) is 4.01. The summed E-state index contributed by atoms with van der Waals surface area (Å²) >= 11 is 12.5. The summed E-state index contributed by atoms with van der Waals surface area (Å²) in [6.07, 6.45) is 1.86. The molecule has 27 heavy (non-hydrogen) atoms. The Kier molecular flexibility index (Phi) is 5.60. The molecule has 5 heteroatoms. The van der Waals surface area contributed by atoms with Crippen LogP contribution >= 0.6 is 23.2 Å². The Bertz CT molecular complexity index is 1070. The molecule has 0 saturated heterocycles. The Hall–Kier alpha value is -2.67. The highest BCUT2D eigenvalue weighted by atomic mass is 35.5. The second kappa shape index (κ2) is 7.92. The van der Waals surface area contributed by atoms with E-state index in [0.29, 0.717) is 21.2 Å². The number of aromatic nitrogens is 1. The van der Waals surface area contributed by atoms with E-state index in [1.165, 1.54) is 0 Å². The highest BCUT2D eigenvalue weighted by molar-refractivity contribution is 6.32. The summed E-state index contributed by atoms with van der Waals surface area (Å²) < 4.78 is 7.56. The molecule has 136 valence electrons.